The molecule has 2 aromatic heterocycles. The Bertz CT molecular complexity index is 472. The minimum absolute atomic E-state index is 0.815. The molecule has 0 aliphatic carbocycles. The topological polar surface area (TPSA) is 30.2 Å². The molecule has 2 rings (SSSR count). The molecule has 0 aromatic carbocycles. The highest BCUT2D eigenvalue weighted by molar-refractivity contribution is 9.10. The van der Waals surface area contributed by atoms with E-state index in [-0.39, 0.29) is 0 Å². The Balaban J connectivity index is 2.63. The molecule has 0 aliphatic rings. The van der Waals surface area contributed by atoms with Gasteiger partial charge in [-0.1, -0.05) is 19.6 Å². The fourth-order valence-corrected chi connectivity index (χ4v) is 2.52. The van der Waals surface area contributed by atoms with Crippen molar-refractivity contribution in [2.45, 2.75) is 19.6 Å². The van der Waals surface area contributed by atoms with Crippen LogP contribution in [0.25, 0.3) is 5.52 Å². The number of rotatable bonds is 1. The van der Waals surface area contributed by atoms with E-state index in [0.717, 1.165) is 10.1 Å². The molecule has 0 fully saturated rings. The summed E-state index contributed by atoms with van der Waals surface area (Å²) >= 11 is 3.33. The van der Waals surface area contributed by atoms with E-state index in [4.69, 9.17) is 0 Å². The molecule has 0 unspecified atom stereocenters. The Labute approximate surface area is 92.3 Å². The second-order valence-corrected chi connectivity index (χ2v) is 10.2. The molecule has 0 bridgehead atoms. The van der Waals surface area contributed by atoms with E-state index in [1.54, 1.807) is 0 Å². The summed E-state index contributed by atoms with van der Waals surface area (Å²) in [6, 6.07) is 2.13. The van der Waals surface area contributed by atoms with Gasteiger partial charge in [0.15, 0.2) is 0 Å². The van der Waals surface area contributed by atoms with Crippen molar-refractivity contribution in [1.29, 1.82) is 0 Å². The molecule has 0 amide bonds. The molecule has 2 aromatic rings. The minimum Gasteiger partial charge on any atom is -0.245 e. The number of halogens is 1. The van der Waals surface area contributed by atoms with Crippen molar-refractivity contribution in [3.8, 4) is 0 Å². The normalized spacial score (nSPS) is 12.3. The maximum absolute atomic E-state index is 4.55. The zero-order chi connectivity index (χ0) is 10.3. The highest BCUT2D eigenvalue weighted by Crippen LogP contribution is 2.08. The van der Waals surface area contributed by atoms with Crippen molar-refractivity contribution < 1.29 is 0 Å². The Morgan fingerprint density at radius 2 is 2.07 bits per heavy atom. The maximum atomic E-state index is 4.55. The summed E-state index contributed by atoms with van der Waals surface area (Å²) in [4.78, 5) is 4.17. The Morgan fingerprint density at radius 3 is 2.71 bits per heavy atom. The summed E-state index contributed by atoms with van der Waals surface area (Å²) in [5.41, 5.74) is 1.06. The SMILES string of the molecule is C[Si](C)(C)c1cc2cnc(Br)cn2n1. The monoisotopic (exact) mass is 269 g/mol. The molecule has 14 heavy (non-hydrogen) atoms. The van der Waals surface area contributed by atoms with Crippen molar-refractivity contribution in [3.63, 3.8) is 0 Å². The molecular weight excluding hydrogens is 258 g/mol. The number of hydrogen-bond acceptors (Lipinski definition) is 2. The van der Waals surface area contributed by atoms with E-state index in [0.29, 0.717) is 0 Å². The molecule has 0 saturated carbocycles. The van der Waals surface area contributed by atoms with Gasteiger partial charge in [0.25, 0.3) is 0 Å². The Morgan fingerprint density at radius 1 is 1.36 bits per heavy atom. The van der Waals surface area contributed by atoms with Crippen LogP contribution in [0.2, 0.25) is 19.6 Å². The summed E-state index contributed by atoms with van der Waals surface area (Å²) in [7, 11) is -1.31. The summed E-state index contributed by atoms with van der Waals surface area (Å²) in [5, 5.41) is 5.77. The molecule has 2 heterocycles. The number of nitrogens with zero attached hydrogens (tertiary/aromatic N) is 3. The largest absolute Gasteiger partial charge is 0.245 e. The van der Waals surface area contributed by atoms with E-state index >= 15 is 0 Å². The molecule has 0 atom stereocenters. The average molecular weight is 270 g/mol. The van der Waals surface area contributed by atoms with Crippen LogP contribution in [0.1, 0.15) is 0 Å². The van der Waals surface area contributed by atoms with Crippen molar-refractivity contribution in [2.75, 3.05) is 0 Å². The van der Waals surface area contributed by atoms with E-state index in [1.165, 1.54) is 5.32 Å². The van der Waals surface area contributed by atoms with Gasteiger partial charge in [-0.25, -0.2) is 9.50 Å². The molecule has 0 spiro atoms. The summed E-state index contributed by atoms with van der Waals surface area (Å²) in [5.74, 6) is 0. The predicted molar refractivity (Wildman–Crippen MR) is 63.7 cm³/mol. The predicted octanol–water partition coefficient (Wildman–Crippen LogP) is 2.04. The van der Waals surface area contributed by atoms with Gasteiger partial charge in [0.1, 0.15) is 12.7 Å². The number of aromatic nitrogens is 3. The lowest BCUT2D eigenvalue weighted by molar-refractivity contribution is 0.947. The molecule has 74 valence electrons. The Kier molecular flexibility index (Phi) is 2.23. The van der Waals surface area contributed by atoms with Gasteiger partial charge in [0.2, 0.25) is 0 Å². The quantitative estimate of drug-likeness (QED) is 0.742. The second-order valence-electron chi connectivity index (χ2n) is 4.36. The van der Waals surface area contributed by atoms with Crippen LogP contribution < -0.4 is 5.32 Å². The number of fused-ring (bicyclic) bond motifs is 1. The van der Waals surface area contributed by atoms with Crippen LogP contribution in [0.3, 0.4) is 0 Å². The standard InChI is InChI=1S/C9H12BrN3Si/c1-14(2,3)9-4-7-5-11-8(10)6-13(7)12-9/h4-6H,1-3H3. The van der Waals surface area contributed by atoms with Gasteiger partial charge < -0.3 is 0 Å². The summed E-state index contributed by atoms with van der Waals surface area (Å²) in [6.45, 7) is 6.87. The minimum atomic E-state index is -1.31. The number of hydrogen-bond donors (Lipinski definition) is 0. The van der Waals surface area contributed by atoms with Gasteiger partial charge in [-0.2, -0.15) is 5.10 Å². The average Bonchev–Trinajstić information content (AvgIpc) is 2.45. The zero-order valence-corrected chi connectivity index (χ0v) is 11.0. The lowest BCUT2D eigenvalue weighted by Gasteiger charge is -2.10. The van der Waals surface area contributed by atoms with Crippen LogP contribution in [0.15, 0.2) is 23.1 Å². The third-order valence-corrected chi connectivity index (χ3v) is 4.27. The van der Waals surface area contributed by atoms with E-state index < -0.39 is 8.07 Å². The first-order chi connectivity index (χ1) is 6.47. The van der Waals surface area contributed by atoms with Crippen LogP contribution in [-0.2, 0) is 0 Å². The third-order valence-electron chi connectivity index (χ3n) is 2.08. The van der Waals surface area contributed by atoms with Gasteiger partial charge in [-0.05, 0) is 22.0 Å². The molecule has 3 nitrogen and oxygen atoms in total. The van der Waals surface area contributed by atoms with Crippen LogP contribution in [0.4, 0.5) is 0 Å². The van der Waals surface area contributed by atoms with Gasteiger partial charge in [0.05, 0.1) is 17.9 Å². The maximum Gasteiger partial charge on any atom is 0.124 e. The lowest BCUT2D eigenvalue weighted by atomic mass is 10.5. The first kappa shape index (κ1) is 9.86. The molecular formula is C9H12BrN3Si. The zero-order valence-electron chi connectivity index (χ0n) is 8.45. The van der Waals surface area contributed by atoms with Crippen molar-refractivity contribution in [2.24, 2.45) is 0 Å². The first-order valence-corrected chi connectivity index (χ1v) is 8.77. The molecule has 0 N–H and O–H groups in total. The van der Waals surface area contributed by atoms with Crippen molar-refractivity contribution >= 4 is 34.8 Å². The highest BCUT2D eigenvalue weighted by atomic mass is 79.9. The van der Waals surface area contributed by atoms with E-state index in [2.05, 4.69) is 51.7 Å². The lowest BCUT2D eigenvalue weighted by Crippen LogP contribution is -2.38. The van der Waals surface area contributed by atoms with Crippen LogP contribution in [-0.4, -0.2) is 22.7 Å². The van der Waals surface area contributed by atoms with E-state index in [1.807, 2.05) is 16.9 Å². The fraction of sp³-hybridized carbons (Fsp3) is 0.333. The van der Waals surface area contributed by atoms with Crippen LogP contribution in [0.5, 0.6) is 0 Å². The van der Waals surface area contributed by atoms with Crippen molar-refractivity contribution in [3.05, 3.63) is 23.1 Å². The first-order valence-electron chi connectivity index (χ1n) is 4.48. The van der Waals surface area contributed by atoms with Crippen molar-refractivity contribution in [1.82, 2.24) is 14.6 Å². The van der Waals surface area contributed by atoms with E-state index in [9.17, 15) is 0 Å². The second kappa shape index (κ2) is 3.17. The molecule has 0 aliphatic heterocycles. The molecule has 0 radical (unpaired) electrons. The fourth-order valence-electron chi connectivity index (χ4n) is 1.24. The molecule has 5 heteroatoms. The van der Waals surface area contributed by atoms with Crippen LogP contribution >= 0.6 is 15.9 Å². The van der Waals surface area contributed by atoms with Crippen LogP contribution in [0, 0.1) is 0 Å². The van der Waals surface area contributed by atoms with Gasteiger partial charge >= 0.3 is 0 Å². The summed E-state index contributed by atoms with van der Waals surface area (Å²) < 4.78 is 2.69. The van der Waals surface area contributed by atoms with Gasteiger partial charge in [-0.15, -0.1) is 0 Å². The summed E-state index contributed by atoms with van der Waals surface area (Å²) in [6.07, 6.45) is 3.72. The smallest absolute Gasteiger partial charge is 0.124 e. The molecule has 0 saturated heterocycles. The Hall–Kier alpha value is -0.683. The third kappa shape index (κ3) is 1.74. The highest BCUT2D eigenvalue weighted by Gasteiger charge is 2.20. The van der Waals surface area contributed by atoms with Gasteiger partial charge in [-0.3, -0.25) is 0 Å². The van der Waals surface area contributed by atoms with Gasteiger partial charge in [0, 0.05) is 5.32 Å².